The van der Waals surface area contributed by atoms with E-state index in [4.69, 9.17) is 4.74 Å². The lowest BCUT2D eigenvalue weighted by Gasteiger charge is -2.27. The molecule has 0 unspecified atom stereocenters. The Morgan fingerprint density at radius 2 is 2.00 bits per heavy atom. The smallest absolute Gasteiger partial charge is 0.133 e. The van der Waals surface area contributed by atoms with E-state index in [0.717, 1.165) is 31.7 Å². The zero-order chi connectivity index (χ0) is 12.1. The average molecular weight is 238 g/mol. The fraction of sp³-hybridized carbons (Fsp3) is 0.538. The third-order valence-corrected chi connectivity index (χ3v) is 3.06. The molecule has 1 N–H and O–H groups in total. The molecule has 0 radical (unpaired) electrons. The van der Waals surface area contributed by atoms with Crippen LogP contribution in [0, 0.1) is 5.82 Å². The van der Waals surface area contributed by atoms with Crippen LogP contribution in [0.2, 0.25) is 0 Å². The largest absolute Gasteiger partial charge is 0.380 e. The highest BCUT2D eigenvalue weighted by atomic mass is 19.1. The van der Waals surface area contributed by atoms with Gasteiger partial charge >= 0.3 is 0 Å². The van der Waals surface area contributed by atoms with E-state index in [1.54, 1.807) is 13.2 Å². The van der Waals surface area contributed by atoms with Crippen molar-refractivity contribution in [1.29, 1.82) is 0 Å². The maximum Gasteiger partial charge on any atom is 0.133 e. The molecular formula is C13H19FN2O. The first kappa shape index (κ1) is 12.5. The highest BCUT2D eigenvalue weighted by Crippen LogP contribution is 2.16. The van der Waals surface area contributed by atoms with Gasteiger partial charge < -0.3 is 10.1 Å². The highest BCUT2D eigenvalue weighted by Gasteiger charge is 2.13. The van der Waals surface area contributed by atoms with E-state index in [-0.39, 0.29) is 5.82 Å². The molecule has 2 rings (SSSR count). The fourth-order valence-electron chi connectivity index (χ4n) is 2.13. The molecule has 0 spiro atoms. The molecule has 0 aliphatic carbocycles. The first-order valence-electron chi connectivity index (χ1n) is 5.99. The monoisotopic (exact) mass is 238 g/mol. The summed E-state index contributed by atoms with van der Waals surface area (Å²) < 4.78 is 19.1. The summed E-state index contributed by atoms with van der Waals surface area (Å²) in [6.07, 6.45) is 0. The van der Waals surface area contributed by atoms with Crippen molar-refractivity contribution >= 4 is 0 Å². The second kappa shape index (κ2) is 6.10. The zero-order valence-corrected chi connectivity index (χ0v) is 10.2. The van der Waals surface area contributed by atoms with Crippen LogP contribution in [0.15, 0.2) is 18.2 Å². The number of piperazine rings is 1. The van der Waals surface area contributed by atoms with Crippen molar-refractivity contribution in [3.8, 4) is 0 Å². The number of halogens is 1. The van der Waals surface area contributed by atoms with Gasteiger partial charge in [-0.05, 0) is 0 Å². The lowest BCUT2D eigenvalue weighted by molar-refractivity contribution is 0.180. The lowest BCUT2D eigenvalue weighted by atomic mass is 10.1. The van der Waals surface area contributed by atoms with Crippen LogP contribution in [0.1, 0.15) is 11.1 Å². The number of rotatable bonds is 4. The minimum Gasteiger partial charge on any atom is -0.380 e. The van der Waals surface area contributed by atoms with Gasteiger partial charge in [0.2, 0.25) is 0 Å². The normalized spacial score (nSPS) is 17.3. The Morgan fingerprint density at radius 3 is 2.71 bits per heavy atom. The molecule has 1 aliphatic heterocycles. The third kappa shape index (κ3) is 3.25. The number of benzene rings is 1. The van der Waals surface area contributed by atoms with Crippen LogP contribution < -0.4 is 5.32 Å². The van der Waals surface area contributed by atoms with Crippen LogP contribution in [-0.2, 0) is 17.9 Å². The summed E-state index contributed by atoms with van der Waals surface area (Å²) in [5, 5.41) is 3.29. The van der Waals surface area contributed by atoms with Crippen molar-refractivity contribution in [3.05, 3.63) is 35.1 Å². The quantitative estimate of drug-likeness (QED) is 0.857. The maximum absolute atomic E-state index is 14.1. The van der Waals surface area contributed by atoms with Gasteiger partial charge in [-0.25, -0.2) is 4.39 Å². The van der Waals surface area contributed by atoms with Crippen molar-refractivity contribution in [2.24, 2.45) is 0 Å². The third-order valence-electron chi connectivity index (χ3n) is 3.06. The molecule has 1 aromatic carbocycles. The first-order chi connectivity index (χ1) is 8.31. The van der Waals surface area contributed by atoms with Gasteiger partial charge in [-0.3, -0.25) is 4.90 Å². The van der Waals surface area contributed by atoms with Crippen LogP contribution >= 0.6 is 0 Å². The molecule has 94 valence electrons. The van der Waals surface area contributed by atoms with Crippen LogP contribution in [0.3, 0.4) is 0 Å². The summed E-state index contributed by atoms with van der Waals surface area (Å²) in [5.41, 5.74) is 1.40. The van der Waals surface area contributed by atoms with Crippen molar-refractivity contribution in [2.75, 3.05) is 33.3 Å². The summed E-state index contributed by atoms with van der Waals surface area (Å²) in [6, 6.07) is 5.53. The van der Waals surface area contributed by atoms with Gasteiger partial charge in [-0.1, -0.05) is 18.2 Å². The molecule has 0 atom stereocenters. The zero-order valence-electron chi connectivity index (χ0n) is 10.2. The second-order valence-corrected chi connectivity index (χ2v) is 4.35. The Kier molecular flexibility index (Phi) is 4.48. The Bertz CT molecular complexity index is 364. The van der Waals surface area contributed by atoms with E-state index in [0.29, 0.717) is 18.7 Å². The fourth-order valence-corrected chi connectivity index (χ4v) is 2.13. The molecule has 1 heterocycles. The number of hydrogen-bond acceptors (Lipinski definition) is 3. The van der Waals surface area contributed by atoms with Crippen LogP contribution in [0.25, 0.3) is 0 Å². The standard InChI is InChI=1S/C13H19FN2O/c1-17-10-12-4-2-3-11(13(12)14)9-16-7-5-15-6-8-16/h2-4,15H,5-10H2,1H3. The molecule has 4 heteroatoms. The van der Waals surface area contributed by atoms with Gasteiger partial charge in [0.1, 0.15) is 5.82 Å². The second-order valence-electron chi connectivity index (χ2n) is 4.35. The Balaban J connectivity index is 2.06. The summed E-state index contributed by atoms with van der Waals surface area (Å²) in [6.45, 7) is 4.95. The molecule has 1 fully saturated rings. The molecular weight excluding hydrogens is 219 g/mol. The molecule has 3 nitrogen and oxygen atoms in total. The summed E-state index contributed by atoms with van der Waals surface area (Å²) >= 11 is 0. The van der Waals surface area contributed by atoms with E-state index in [2.05, 4.69) is 10.2 Å². The molecule has 0 aromatic heterocycles. The van der Waals surface area contributed by atoms with E-state index >= 15 is 0 Å². The number of ether oxygens (including phenoxy) is 1. The van der Waals surface area contributed by atoms with Crippen LogP contribution in [0.4, 0.5) is 4.39 Å². The van der Waals surface area contributed by atoms with E-state index in [9.17, 15) is 4.39 Å². The van der Waals surface area contributed by atoms with Crippen molar-refractivity contribution < 1.29 is 9.13 Å². The Hall–Kier alpha value is -0.970. The van der Waals surface area contributed by atoms with Gasteiger partial charge in [0.15, 0.2) is 0 Å². The number of hydrogen-bond donors (Lipinski definition) is 1. The van der Waals surface area contributed by atoms with Crippen LogP contribution in [0.5, 0.6) is 0 Å². The minimum atomic E-state index is -0.118. The van der Waals surface area contributed by atoms with Gasteiger partial charge in [0.05, 0.1) is 6.61 Å². The SMILES string of the molecule is COCc1cccc(CN2CCNCC2)c1F. The van der Waals surface area contributed by atoms with Crippen molar-refractivity contribution in [3.63, 3.8) is 0 Å². The molecule has 1 aliphatic rings. The summed E-state index contributed by atoms with van der Waals surface area (Å²) in [5.74, 6) is -0.118. The van der Waals surface area contributed by atoms with Crippen molar-refractivity contribution in [2.45, 2.75) is 13.2 Å². The highest BCUT2D eigenvalue weighted by molar-refractivity contribution is 5.25. The summed E-state index contributed by atoms with van der Waals surface area (Å²) in [4.78, 5) is 2.27. The molecule has 17 heavy (non-hydrogen) atoms. The Morgan fingerprint density at radius 1 is 1.29 bits per heavy atom. The average Bonchev–Trinajstić information content (AvgIpc) is 2.36. The predicted molar refractivity (Wildman–Crippen MR) is 65.3 cm³/mol. The summed E-state index contributed by atoms with van der Waals surface area (Å²) in [7, 11) is 1.59. The number of nitrogens with zero attached hydrogens (tertiary/aromatic N) is 1. The number of methoxy groups -OCH3 is 1. The van der Waals surface area contributed by atoms with Gasteiger partial charge in [-0.2, -0.15) is 0 Å². The molecule has 0 amide bonds. The van der Waals surface area contributed by atoms with Gasteiger partial charge in [0, 0.05) is 51.0 Å². The van der Waals surface area contributed by atoms with E-state index in [1.807, 2.05) is 12.1 Å². The molecule has 0 saturated carbocycles. The Labute approximate surface area is 102 Å². The van der Waals surface area contributed by atoms with E-state index in [1.165, 1.54) is 0 Å². The van der Waals surface area contributed by atoms with Crippen LogP contribution in [-0.4, -0.2) is 38.2 Å². The minimum absolute atomic E-state index is 0.118. The first-order valence-corrected chi connectivity index (χ1v) is 5.99. The number of nitrogens with one attached hydrogen (secondary N) is 1. The molecule has 1 saturated heterocycles. The lowest BCUT2D eigenvalue weighted by Crippen LogP contribution is -2.43. The van der Waals surface area contributed by atoms with Gasteiger partial charge in [0.25, 0.3) is 0 Å². The maximum atomic E-state index is 14.1. The molecule has 1 aromatic rings. The molecule has 0 bridgehead atoms. The predicted octanol–water partition coefficient (Wildman–Crippen LogP) is 1.38. The topological polar surface area (TPSA) is 24.5 Å². The van der Waals surface area contributed by atoms with Crippen molar-refractivity contribution in [1.82, 2.24) is 10.2 Å². The van der Waals surface area contributed by atoms with Gasteiger partial charge in [-0.15, -0.1) is 0 Å². The van der Waals surface area contributed by atoms with E-state index < -0.39 is 0 Å².